The van der Waals surface area contributed by atoms with Gasteiger partial charge in [0.1, 0.15) is 7.85 Å². The Hall–Kier alpha value is -2.29. The molecule has 0 saturated heterocycles. The van der Waals surface area contributed by atoms with Crippen LogP contribution in [-0.4, -0.2) is 19.6 Å². The van der Waals surface area contributed by atoms with Crippen molar-refractivity contribution in [3.63, 3.8) is 0 Å². The van der Waals surface area contributed by atoms with E-state index in [9.17, 15) is 4.79 Å². The van der Waals surface area contributed by atoms with Gasteiger partial charge in [-0.25, -0.2) is 0 Å². The average molecular weight is 319 g/mol. The molecule has 0 amide bonds. The Morgan fingerprint density at radius 1 is 0.958 bits per heavy atom. The number of anilines is 1. The summed E-state index contributed by atoms with van der Waals surface area (Å²) in [6.45, 7) is 8.00. The number of fused-ring (bicyclic) bond motifs is 1. The minimum Gasteiger partial charge on any atom is -0.383 e. The number of hydrogen-bond donors (Lipinski definition) is 1. The molecule has 24 heavy (non-hydrogen) atoms. The van der Waals surface area contributed by atoms with Gasteiger partial charge >= 0.3 is 0 Å². The van der Waals surface area contributed by atoms with Crippen LogP contribution in [0.15, 0.2) is 60.7 Å². The molecular formula is C21H26BNO. The number of nitrogens with one attached hydrogen (secondary N) is 1. The first-order chi connectivity index (χ1) is 11.8. The molecule has 0 bridgehead atoms. The van der Waals surface area contributed by atoms with Crippen LogP contribution in [0.1, 0.15) is 38.8 Å². The molecular weight excluding hydrogens is 293 g/mol. The number of hydrogen-bond acceptors (Lipinski definition) is 2. The number of para-hydroxylation sites is 1. The lowest BCUT2D eigenvalue weighted by molar-refractivity contribution is -0.113. The highest BCUT2D eigenvalue weighted by atomic mass is 16.1. The first-order valence-electron chi connectivity index (χ1n) is 8.65. The Morgan fingerprint density at radius 2 is 1.54 bits per heavy atom. The van der Waals surface area contributed by atoms with E-state index in [2.05, 4.69) is 5.32 Å². The quantitative estimate of drug-likeness (QED) is 0.816. The fourth-order valence-corrected chi connectivity index (χ4v) is 2.46. The monoisotopic (exact) mass is 319 g/mol. The second kappa shape index (κ2) is 10.5. The van der Waals surface area contributed by atoms with Crippen molar-refractivity contribution in [1.29, 1.82) is 0 Å². The van der Waals surface area contributed by atoms with Crippen LogP contribution in [0.5, 0.6) is 0 Å². The number of carbonyl (C=O) groups is 1. The molecule has 2 radical (unpaired) electrons. The van der Waals surface area contributed by atoms with Gasteiger partial charge in [0.2, 0.25) is 0 Å². The predicted molar refractivity (Wildman–Crippen MR) is 105 cm³/mol. The average Bonchev–Trinajstić information content (AvgIpc) is 3.09. The topological polar surface area (TPSA) is 29.1 Å². The molecule has 0 aromatic heterocycles. The van der Waals surface area contributed by atoms with Crippen molar-refractivity contribution < 1.29 is 4.79 Å². The largest absolute Gasteiger partial charge is 0.383 e. The van der Waals surface area contributed by atoms with Gasteiger partial charge in [-0.15, -0.1) is 0 Å². The number of Topliss-reactive ketones (excluding diaryl/α,β-unsaturated/α-hetero) is 1. The third-order valence-electron chi connectivity index (χ3n) is 3.48. The fraction of sp³-hybridized carbons (Fsp3) is 0.286. The van der Waals surface area contributed by atoms with E-state index < -0.39 is 5.94 Å². The second-order valence-electron chi connectivity index (χ2n) is 4.83. The van der Waals surface area contributed by atoms with Crippen LogP contribution in [0.25, 0.3) is 5.57 Å². The summed E-state index contributed by atoms with van der Waals surface area (Å²) < 4.78 is 0. The Kier molecular flexibility index (Phi) is 8.63. The van der Waals surface area contributed by atoms with Crippen molar-refractivity contribution in [2.45, 2.75) is 40.1 Å². The summed E-state index contributed by atoms with van der Waals surface area (Å²) in [5.41, 5.74) is 3.75. The van der Waals surface area contributed by atoms with Crippen LogP contribution in [0.4, 0.5) is 5.69 Å². The van der Waals surface area contributed by atoms with E-state index in [0.717, 1.165) is 23.2 Å². The molecule has 3 rings (SSSR count). The number of rotatable bonds is 4. The van der Waals surface area contributed by atoms with Crippen LogP contribution in [0.3, 0.4) is 0 Å². The zero-order valence-electron chi connectivity index (χ0n) is 15.0. The summed E-state index contributed by atoms with van der Waals surface area (Å²) >= 11 is 0. The zero-order valence-corrected chi connectivity index (χ0v) is 15.0. The highest BCUT2D eigenvalue weighted by Gasteiger charge is 2.23. The Morgan fingerprint density at radius 3 is 2.21 bits per heavy atom. The lowest BCUT2D eigenvalue weighted by atomic mass is 9.86. The molecule has 0 fully saturated rings. The van der Waals surface area contributed by atoms with E-state index in [4.69, 9.17) is 7.85 Å². The molecule has 0 aliphatic heterocycles. The third-order valence-corrected chi connectivity index (χ3v) is 3.48. The van der Waals surface area contributed by atoms with Gasteiger partial charge < -0.3 is 5.32 Å². The predicted octanol–water partition coefficient (Wildman–Crippen LogP) is 4.85. The molecule has 0 heterocycles. The summed E-state index contributed by atoms with van der Waals surface area (Å²) in [4.78, 5) is 12.5. The summed E-state index contributed by atoms with van der Waals surface area (Å²) in [6.07, 6.45) is 2.76. The van der Waals surface area contributed by atoms with Gasteiger partial charge in [0.25, 0.3) is 0 Å². The summed E-state index contributed by atoms with van der Waals surface area (Å²) in [6, 6.07) is 17.5. The smallest absolute Gasteiger partial charge is 0.175 e. The van der Waals surface area contributed by atoms with Crippen LogP contribution in [0.2, 0.25) is 0 Å². The van der Waals surface area contributed by atoms with Gasteiger partial charge in [0.05, 0.1) is 0 Å². The van der Waals surface area contributed by atoms with Crippen LogP contribution in [-0.2, 0) is 11.2 Å². The molecule has 124 valence electrons. The third kappa shape index (κ3) is 4.85. The summed E-state index contributed by atoms with van der Waals surface area (Å²) in [5.74, 6) is -0.798. The standard InChI is InChI=1S/C17H14BNO.2C2H6/c18-17(19-13-7-2-1-3-8-13)16(20)15-11-10-12-6-4-5-9-14(12)15;2*1-2/h1-9,11,17,19H,10H2;2*1-2H3. The Labute approximate surface area is 147 Å². The van der Waals surface area contributed by atoms with E-state index in [0.29, 0.717) is 0 Å². The van der Waals surface area contributed by atoms with Crippen molar-refractivity contribution in [3.05, 3.63) is 71.8 Å². The first-order valence-corrected chi connectivity index (χ1v) is 8.65. The summed E-state index contributed by atoms with van der Waals surface area (Å²) in [5, 5.41) is 3.04. The van der Waals surface area contributed by atoms with Crippen molar-refractivity contribution in [2.24, 2.45) is 0 Å². The lowest BCUT2D eigenvalue weighted by Crippen LogP contribution is -2.30. The highest BCUT2D eigenvalue weighted by molar-refractivity contribution is 6.38. The van der Waals surface area contributed by atoms with Crippen LogP contribution in [0, 0.1) is 0 Å². The van der Waals surface area contributed by atoms with Gasteiger partial charge in [-0.3, -0.25) is 4.79 Å². The number of benzene rings is 2. The number of ketones is 1. The molecule has 2 aromatic carbocycles. The molecule has 0 spiro atoms. The highest BCUT2D eigenvalue weighted by Crippen LogP contribution is 2.28. The molecule has 3 heteroatoms. The fourth-order valence-electron chi connectivity index (χ4n) is 2.46. The van der Waals surface area contributed by atoms with Crippen molar-refractivity contribution in [2.75, 3.05) is 5.32 Å². The van der Waals surface area contributed by atoms with Gasteiger partial charge in [-0.05, 0) is 29.7 Å². The van der Waals surface area contributed by atoms with Crippen molar-refractivity contribution in [1.82, 2.24) is 0 Å². The molecule has 1 atom stereocenters. The number of allylic oxidation sites excluding steroid dienone is 1. The maximum Gasteiger partial charge on any atom is 0.175 e. The molecule has 2 nitrogen and oxygen atoms in total. The summed E-state index contributed by atoms with van der Waals surface area (Å²) in [7, 11) is 5.98. The minimum atomic E-state index is -0.727. The van der Waals surface area contributed by atoms with E-state index >= 15 is 0 Å². The minimum absolute atomic E-state index is 0.0706. The van der Waals surface area contributed by atoms with Crippen molar-refractivity contribution in [3.8, 4) is 0 Å². The molecule has 1 aliphatic carbocycles. The van der Waals surface area contributed by atoms with Crippen LogP contribution >= 0.6 is 0 Å². The molecule has 1 aliphatic rings. The zero-order chi connectivity index (χ0) is 17.9. The molecule has 1 N–H and O–H groups in total. The van der Waals surface area contributed by atoms with Gasteiger partial charge in [0, 0.05) is 17.2 Å². The molecule has 0 saturated carbocycles. The lowest BCUT2D eigenvalue weighted by Gasteiger charge is -2.16. The Bertz CT molecular complexity index is 665. The Balaban J connectivity index is 0.000000671. The number of carbonyl (C=O) groups excluding carboxylic acids is 1. The second-order valence-corrected chi connectivity index (χ2v) is 4.83. The molecule has 1 unspecified atom stereocenters. The normalized spacial score (nSPS) is 12.4. The van der Waals surface area contributed by atoms with Gasteiger partial charge in [0.15, 0.2) is 5.78 Å². The van der Waals surface area contributed by atoms with Crippen molar-refractivity contribution >= 4 is 24.9 Å². The van der Waals surface area contributed by atoms with E-state index in [1.807, 2.05) is 88.4 Å². The van der Waals surface area contributed by atoms with E-state index in [1.54, 1.807) is 0 Å². The SMILES string of the molecule is CC.CC.[B]C(Nc1ccccc1)C(=O)C1=CCc2ccccc21. The first kappa shape index (κ1) is 19.8. The maximum absolute atomic E-state index is 12.5. The van der Waals surface area contributed by atoms with Gasteiger partial charge in [-0.1, -0.05) is 76.2 Å². The van der Waals surface area contributed by atoms with Crippen LogP contribution < -0.4 is 5.32 Å². The van der Waals surface area contributed by atoms with Gasteiger partial charge in [-0.2, -0.15) is 0 Å². The maximum atomic E-state index is 12.5. The van der Waals surface area contributed by atoms with E-state index in [1.165, 1.54) is 5.56 Å². The molecule has 2 aromatic rings. The van der Waals surface area contributed by atoms with E-state index in [-0.39, 0.29) is 5.78 Å².